The zero-order chi connectivity index (χ0) is 22.7. The molecule has 0 aliphatic carbocycles. The van der Waals surface area contributed by atoms with Gasteiger partial charge in [-0.3, -0.25) is 4.79 Å². The first-order chi connectivity index (χ1) is 14.7. The maximum atomic E-state index is 12.6. The number of carboxylic acid groups (broad SMARTS) is 1. The number of hydrogen-bond acceptors (Lipinski definition) is 3. The van der Waals surface area contributed by atoms with Crippen molar-refractivity contribution in [2.75, 3.05) is 5.32 Å². The minimum atomic E-state index is -1.06. The molecule has 8 heteroatoms. The number of aromatic nitrogens is 1. The standard InChI is InChI=1S/C23H17Cl2N3O3/c1-13-9-16(14(2)28(13)19-7-8-20(24)21(25)11-19)10-17(12-26)22(29)27-18-5-3-15(4-6-18)23(30)31/h3-11H,1-2H3,(H,27,29)(H,30,31)/b17-10+. The van der Waals surface area contributed by atoms with Gasteiger partial charge < -0.3 is 15.0 Å². The van der Waals surface area contributed by atoms with E-state index in [1.165, 1.54) is 30.3 Å². The summed E-state index contributed by atoms with van der Waals surface area (Å²) in [6, 6.07) is 14.7. The van der Waals surface area contributed by atoms with Crippen molar-refractivity contribution >= 4 is 46.8 Å². The smallest absolute Gasteiger partial charge is 0.335 e. The Kier molecular flexibility index (Phi) is 6.50. The maximum Gasteiger partial charge on any atom is 0.335 e. The lowest BCUT2D eigenvalue weighted by atomic mass is 10.1. The molecule has 0 saturated heterocycles. The lowest BCUT2D eigenvalue weighted by Gasteiger charge is -2.10. The van der Waals surface area contributed by atoms with Gasteiger partial charge >= 0.3 is 5.97 Å². The van der Waals surface area contributed by atoms with E-state index in [0.29, 0.717) is 21.3 Å². The highest BCUT2D eigenvalue weighted by Gasteiger charge is 2.15. The van der Waals surface area contributed by atoms with Gasteiger partial charge in [0, 0.05) is 22.8 Å². The zero-order valence-corrected chi connectivity index (χ0v) is 18.1. The summed E-state index contributed by atoms with van der Waals surface area (Å²) in [7, 11) is 0. The minimum Gasteiger partial charge on any atom is -0.478 e. The number of amides is 1. The number of nitriles is 1. The van der Waals surface area contributed by atoms with Crippen LogP contribution in [0.4, 0.5) is 5.69 Å². The second kappa shape index (κ2) is 9.09. The highest BCUT2D eigenvalue weighted by atomic mass is 35.5. The summed E-state index contributed by atoms with van der Waals surface area (Å²) in [6.45, 7) is 3.78. The van der Waals surface area contributed by atoms with Crippen molar-refractivity contribution in [3.8, 4) is 11.8 Å². The number of hydrogen-bond donors (Lipinski definition) is 2. The Morgan fingerprint density at radius 2 is 1.74 bits per heavy atom. The van der Waals surface area contributed by atoms with E-state index >= 15 is 0 Å². The summed E-state index contributed by atoms with van der Waals surface area (Å²) in [5.41, 5.74) is 3.63. The summed E-state index contributed by atoms with van der Waals surface area (Å²) in [5, 5.41) is 21.9. The van der Waals surface area contributed by atoms with Crippen molar-refractivity contribution in [1.29, 1.82) is 5.26 Å². The van der Waals surface area contributed by atoms with Crippen LogP contribution in [0.3, 0.4) is 0 Å². The lowest BCUT2D eigenvalue weighted by molar-refractivity contribution is -0.112. The van der Waals surface area contributed by atoms with E-state index in [9.17, 15) is 14.9 Å². The van der Waals surface area contributed by atoms with E-state index in [2.05, 4.69) is 5.32 Å². The molecule has 0 radical (unpaired) electrons. The Hall–Kier alpha value is -3.53. The molecular weight excluding hydrogens is 437 g/mol. The zero-order valence-electron chi connectivity index (χ0n) is 16.6. The molecule has 6 nitrogen and oxygen atoms in total. The monoisotopic (exact) mass is 453 g/mol. The van der Waals surface area contributed by atoms with Crippen molar-refractivity contribution < 1.29 is 14.7 Å². The third-order valence-corrected chi connectivity index (χ3v) is 5.43. The van der Waals surface area contributed by atoms with Crippen LogP contribution in [0.15, 0.2) is 54.1 Å². The van der Waals surface area contributed by atoms with E-state index in [1.54, 1.807) is 12.1 Å². The van der Waals surface area contributed by atoms with E-state index in [4.69, 9.17) is 28.3 Å². The Balaban J connectivity index is 1.90. The van der Waals surface area contributed by atoms with E-state index in [1.807, 2.05) is 36.6 Å². The van der Waals surface area contributed by atoms with Crippen molar-refractivity contribution in [3.05, 3.63) is 86.7 Å². The molecule has 0 aliphatic heterocycles. The number of carboxylic acids is 1. The Bertz CT molecular complexity index is 1250. The second-order valence-corrected chi connectivity index (χ2v) is 7.58. The molecule has 3 aromatic rings. The first-order valence-corrected chi connectivity index (χ1v) is 9.87. The van der Waals surface area contributed by atoms with Crippen LogP contribution in [0.25, 0.3) is 11.8 Å². The molecule has 31 heavy (non-hydrogen) atoms. The molecule has 2 aromatic carbocycles. The summed E-state index contributed by atoms with van der Waals surface area (Å²) < 4.78 is 1.95. The van der Waals surface area contributed by atoms with Crippen molar-refractivity contribution in [3.63, 3.8) is 0 Å². The summed E-state index contributed by atoms with van der Waals surface area (Å²) >= 11 is 12.1. The predicted octanol–water partition coefficient (Wildman–Crippen LogP) is 5.64. The number of rotatable bonds is 5. The molecule has 1 heterocycles. The van der Waals surface area contributed by atoms with E-state index in [0.717, 1.165) is 17.1 Å². The topological polar surface area (TPSA) is 95.1 Å². The van der Waals surface area contributed by atoms with Crippen LogP contribution in [-0.2, 0) is 4.79 Å². The normalized spacial score (nSPS) is 11.1. The van der Waals surface area contributed by atoms with E-state index < -0.39 is 11.9 Å². The predicted molar refractivity (Wildman–Crippen MR) is 121 cm³/mol. The molecule has 0 aliphatic rings. The fourth-order valence-electron chi connectivity index (χ4n) is 3.15. The van der Waals surface area contributed by atoms with Gasteiger partial charge in [0.15, 0.2) is 0 Å². The molecule has 0 bridgehead atoms. The van der Waals surface area contributed by atoms with Crippen LogP contribution in [0.1, 0.15) is 27.3 Å². The molecule has 0 fully saturated rings. The van der Waals surface area contributed by atoms with Gasteiger partial charge in [0.25, 0.3) is 5.91 Å². The van der Waals surface area contributed by atoms with Gasteiger partial charge in [-0.1, -0.05) is 23.2 Å². The fourth-order valence-corrected chi connectivity index (χ4v) is 3.45. The van der Waals surface area contributed by atoms with Crippen molar-refractivity contribution in [1.82, 2.24) is 4.57 Å². The van der Waals surface area contributed by atoms with Crippen molar-refractivity contribution in [2.24, 2.45) is 0 Å². The maximum absolute atomic E-state index is 12.6. The molecule has 2 N–H and O–H groups in total. The largest absolute Gasteiger partial charge is 0.478 e. The van der Waals surface area contributed by atoms with Gasteiger partial charge in [-0.05, 0) is 74.0 Å². The number of carbonyl (C=O) groups is 2. The van der Waals surface area contributed by atoms with Gasteiger partial charge in [0.2, 0.25) is 0 Å². The van der Waals surface area contributed by atoms with Crippen LogP contribution in [-0.4, -0.2) is 21.6 Å². The minimum absolute atomic E-state index is 0.0864. The SMILES string of the molecule is Cc1cc(/C=C(\C#N)C(=O)Nc2ccc(C(=O)O)cc2)c(C)n1-c1ccc(Cl)c(Cl)c1. The molecule has 1 aromatic heterocycles. The van der Waals surface area contributed by atoms with Gasteiger partial charge in [0.05, 0.1) is 15.6 Å². The number of aromatic carboxylic acids is 1. The van der Waals surface area contributed by atoms with Crippen LogP contribution < -0.4 is 5.32 Å². The second-order valence-electron chi connectivity index (χ2n) is 6.77. The Labute approximate surface area is 188 Å². The number of benzene rings is 2. The highest BCUT2D eigenvalue weighted by Crippen LogP contribution is 2.28. The van der Waals surface area contributed by atoms with Crippen LogP contribution >= 0.6 is 23.2 Å². The summed E-state index contributed by atoms with van der Waals surface area (Å²) in [6.07, 6.45) is 1.51. The molecule has 0 atom stereocenters. The average Bonchev–Trinajstić information content (AvgIpc) is 3.01. The first kappa shape index (κ1) is 22.2. The third kappa shape index (κ3) is 4.80. The lowest BCUT2D eigenvalue weighted by Crippen LogP contribution is -2.13. The van der Waals surface area contributed by atoms with Gasteiger partial charge in [0.1, 0.15) is 11.6 Å². The highest BCUT2D eigenvalue weighted by molar-refractivity contribution is 6.42. The van der Waals surface area contributed by atoms with Gasteiger partial charge in [-0.2, -0.15) is 5.26 Å². The summed E-state index contributed by atoms with van der Waals surface area (Å²) in [4.78, 5) is 23.5. The average molecular weight is 454 g/mol. The van der Waals surface area contributed by atoms with E-state index in [-0.39, 0.29) is 11.1 Å². The molecule has 0 spiro atoms. The third-order valence-electron chi connectivity index (χ3n) is 4.69. The molecule has 1 amide bonds. The Morgan fingerprint density at radius 1 is 1.06 bits per heavy atom. The molecule has 3 rings (SSSR count). The number of anilines is 1. The van der Waals surface area contributed by atoms with Crippen LogP contribution in [0.2, 0.25) is 10.0 Å². The molecule has 0 saturated carbocycles. The first-order valence-electron chi connectivity index (χ1n) is 9.12. The van der Waals surface area contributed by atoms with Crippen LogP contribution in [0, 0.1) is 25.2 Å². The number of carbonyl (C=O) groups excluding carboxylic acids is 1. The van der Waals surface area contributed by atoms with Crippen molar-refractivity contribution in [2.45, 2.75) is 13.8 Å². The van der Waals surface area contributed by atoms with Gasteiger partial charge in [-0.25, -0.2) is 4.79 Å². The number of aryl methyl sites for hydroxylation is 1. The van der Waals surface area contributed by atoms with Gasteiger partial charge in [-0.15, -0.1) is 0 Å². The molecular formula is C23H17Cl2N3O3. The number of nitrogens with zero attached hydrogens (tertiary/aromatic N) is 2. The quantitative estimate of drug-likeness (QED) is 0.385. The fraction of sp³-hybridized carbons (Fsp3) is 0.0870. The Morgan fingerprint density at radius 3 is 2.32 bits per heavy atom. The summed E-state index contributed by atoms with van der Waals surface area (Å²) in [5.74, 6) is -1.65. The molecule has 156 valence electrons. The number of nitrogens with one attached hydrogen (secondary N) is 1. The van der Waals surface area contributed by atoms with Crippen LogP contribution in [0.5, 0.6) is 0 Å². The molecule has 0 unspecified atom stereocenters. The number of halogens is 2.